The molecule has 4 atom stereocenters. The quantitative estimate of drug-likeness (QED) is 0.211. The number of ether oxygens (including phenoxy) is 5. The molecule has 1 saturated heterocycles. The number of halogens is 1. The molecule has 0 spiro atoms. The number of carbonyl (C=O) groups excluding carboxylic acids is 2. The van der Waals surface area contributed by atoms with Crippen LogP contribution < -0.4 is 24.3 Å². The van der Waals surface area contributed by atoms with Gasteiger partial charge < -0.3 is 49.2 Å². The minimum absolute atomic E-state index is 0.0426. The van der Waals surface area contributed by atoms with E-state index in [1.165, 1.54) is 7.11 Å². The Labute approximate surface area is 276 Å². The predicted octanol–water partition coefficient (Wildman–Crippen LogP) is 1.83. The summed E-state index contributed by atoms with van der Waals surface area (Å²) in [6.07, 6.45) is 0.282. The number of hydrogen-bond donors (Lipinski definition) is 4. The van der Waals surface area contributed by atoms with Crippen LogP contribution in [0.2, 0.25) is 0 Å². The Hall–Kier alpha value is -3.11. The molecule has 1 aliphatic carbocycles. The van der Waals surface area contributed by atoms with Crippen molar-refractivity contribution in [2.45, 2.75) is 44.1 Å². The summed E-state index contributed by atoms with van der Waals surface area (Å²) < 4.78 is 29.0. The molecular formula is C32H41IN2O10. The van der Waals surface area contributed by atoms with Gasteiger partial charge in [0.05, 0.1) is 56.7 Å². The number of methoxy groups -OCH3 is 3. The molecule has 2 aromatic rings. The lowest BCUT2D eigenvalue weighted by molar-refractivity contribution is -0.142. The molecule has 0 saturated carbocycles. The molecular weight excluding hydrogens is 699 g/mol. The van der Waals surface area contributed by atoms with Crippen molar-refractivity contribution in [3.63, 3.8) is 0 Å². The number of amides is 2. The van der Waals surface area contributed by atoms with Crippen molar-refractivity contribution in [2.24, 2.45) is 5.92 Å². The molecule has 2 amide bonds. The molecule has 0 aromatic heterocycles. The third-order valence-corrected chi connectivity index (χ3v) is 8.81. The fraction of sp³-hybridized carbons (Fsp3) is 0.500. The van der Waals surface area contributed by atoms with Crippen LogP contribution in [0.4, 0.5) is 0 Å². The summed E-state index contributed by atoms with van der Waals surface area (Å²) in [4.78, 5) is 28.9. The van der Waals surface area contributed by atoms with E-state index >= 15 is 0 Å². The van der Waals surface area contributed by atoms with Crippen molar-refractivity contribution < 1.29 is 48.6 Å². The zero-order valence-electron chi connectivity index (χ0n) is 25.7. The van der Waals surface area contributed by atoms with Gasteiger partial charge in [0, 0.05) is 31.7 Å². The van der Waals surface area contributed by atoms with Crippen molar-refractivity contribution in [1.29, 1.82) is 0 Å². The van der Waals surface area contributed by atoms with E-state index in [0.29, 0.717) is 57.2 Å². The molecule has 1 fully saturated rings. The Bertz CT molecular complexity index is 1360. The lowest BCUT2D eigenvalue weighted by Crippen LogP contribution is -2.56. The van der Waals surface area contributed by atoms with Gasteiger partial charge in [-0.2, -0.15) is 0 Å². The molecule has 0 radical (unpaired) electrons. The largest absolute Gasteiger partial charge is 0.497 e. The average Bonchev–Trinajstić information content (AvgIpc) is 3.60. The van der Waals surface area contributed by atoms with Gasteiger partial charge in [-0.1, -0.05) is 0 Å². The maximum atomic E-state index is 14.1. The van der Waals surface area contributed by atoms with Gasteiger partial charge >= 0.3 is 0 Å². The highest BCUT2D eigenvalue weighted by Crippen LogP contribution is 2.37. The SMILES string of the molecule is COc1ccc(OC)c(CCN(C(=O)C2CCOC2)C2CC(C(=O)NCCO)=CC(Oc3c(I)cc(CO)cc3OC)C2O)c1. The monoisotopic (exact) mass is 740 g/mol. The second-order valence-electron chi connectivity index (χ2n) is 10.8. The molecule has 45 heavy (non-hydrogen) atoms. The standard InChI is InChI=1S/C32H41IN2O10/c1-41-23-4-5-26(42-2)20(14-23)6-9-35(32(40)21-7-11-44-18-21)25-15-22(31(39)34-8-10-36)16-27(29(25)38)45-30-24(33)12-19(17-37)13-28(30)43-3/h4-5,12-14,16,21,25,27,29,36-38H,6-11,15,17-18H2,1-3H3,(H,34,39). The van der Waals surface area contributed by atoms with E-state index in [1.54, 1.807) is 49.5 Å². The predicted molar refractivity (Wildman–Crippen MR) is 173 cm³/mol. The van der Waals surface area contributed by atoms with Gasteiger partial charge in [0.2, 0.25) is 11.8 Å². The molecule has 4 rings (SSSR count). The van der Waals surface area contributed by atoms with Gasteiger partial charge in [-0.3, -0.25) is 9.59 Å². The normalized spacial score (nSPS) is 21.1. The van der Waals surface area contributed by atoms with Gasteiger partial charge in [-0.05, 0) is 83.0 Å². The van der Waals surface area contributed by atoms with Crippen LogP contribution in [0, 0.1) is 9.49 Å². The Kier molecular flexibility index (Phi) is 12.7. The van der Waals surface area contributed by atoms with Crippen molar-refractivity contribution >= 4 is 34.4 Å². The molecule has 13 heteroatoms. The topological polar surface area (TPSA) is 156 Å². The third-order valence-electron chi connectivity index (χ3n) is 8.01. The van der Waals surface area contributed by atoms with E-state index in [0.717, 1.165) is 5.56 Å². The van der Waals surface area contributed by atoms with Crippen LogP contribution in [0.3, 0.4) is 0 Å². The first-order chi connectivity index (χ1) is 21.7. The number of benzene rings is 2. The van der Waals surface area contributed by atoms with Crippen molar-refractivity contribution in [3.05, 3.63) is 56.7 Å². The first-order valence-electron chi connectivity index (χ1n) is 14.7. The van der Waals surface area contributed by atoms with Gasteiger partial charge in [0.25, 0.3) is 0 Å². The van der Waals surface area contributed by atoms with Gasteiger partial charge in [0.15, 0.2) is 11.5 Å². The first-order valence-corrected chi connectivity index (χ1v) is 15.8. The minimum atomic E-state index is -1.23. The first kappa shape index (κ1) is 34.8. The Balaban J connectivity index is 1.72. The lowest BCUT2D eigenvalue weighted by Gasteiger charge is -2.41. The maximum Gasteiger partial charge on any atom is 0.247 e. The molecule has 0 bridgehead atoms. The van der Waals surface area contributed by atoms with Crippen LogP contribution in [0.15, 0.2) is 42.0 Å². The van der Waals surface area contributed by atoms with Gasteiger partial charge in [-0.15, -0.1) is 0 Å². The summed E-state index contributed by atoms with van der Waals surface area (Å²) in [6.45, 7) is 0.546. The molecule has 246 valence electrons. The third kappa shape index (κ3) is 8.38. The molecule has 2 aromatic carbocycles. The zero-order chi connectivity index (χ0) is 32.5. The molecule has 1 heterocycles. The number of hydrogen-bond acceptors (Lipinski definition) is 10. The second-order valence-corrected chi connectivity index (χ2v) is 12.0. The number of carbonyl (C=O) groups is 2. The van der Waals surface area contributed by atoms with Gasteiger partial charge in [0.1, 0.15) is 23.7 Å². The Morgan fingerprint density at radius 2 is 1.87 bits per heavy atom. The van der Waals surface area contributed by atoms with Crippen LogP contribution in [-0.4, -0.2) is 105 Å². The summed E-state index contributed by atoms with van der Waals surface area (Å²) in [5.41, 5.74) is 1.74. The van der Waals surface area contributed by atoms with Crippen LogP contribution in [0.1, 0.15) is 24.0 Å². The second kappa shape index (κ2) is 16.5. The number of aliphatic hydroxyl groups excluding tert-OH is 3. The average molecular weight is 741 g/mol. The lowest BCUT2D eigenvalue weighted by atomic mass is 9.87. The van der Waals surface area contributed by atoms with E-state index < -0.39 is 30.1 Å². The number of rotatable bonds is 14. The molecule has 4 N–H and O–H groups in total. The van der Waals surface area contributed by atoms with E-state index in [-0.39, 0.29) is 45.2 Å². The minimum Gasteiger partial charge on any atom is -0.497 e. The summed E-state index contributed by atoms with van der Waals surface area (Å²) in [6, 6.07) is 7.98. The summed E-state index contributed by atoms with van der Waals surface area (Å²) in [5, 5.41) is 33.5. The van der Waals surface area contributed by atoms with Crippen molar-refractivity contribution in [3.8, 4) is 23.0 Å². The summed E-state index contributed by atoms with van der Waals surface area (Å²) in [7, 11) is 4.62. The Morgan fingerprint density at radius 3 is 2.51 bits per heavy atom. The maximum absolute atomic E-state index is 14.1. The summed E-state index contributed by atoms with van der Waals surface area (Å²) >= 11 is 2.06. The zero-order valence-corrected chi connectivity index (χ0v) is 27.8. The van der Waals surface area contributed by atoms with Crippen LogP contribution in [-0.2, 0) is 27.4 Å². The van der Waals surface area contributed by atoms with E-state index in [4.69, 9.17) is 23.7 Å². The molecule has 2 aliphatic rings. The number of nitrogens with zero attached hydrogens (tertiary/aromatic N) is 1. The van der Waals surface area contributed by atoms with Crippen LogP contribution in [0.25, 0.3) is 0 Å². The fourth-order valence-corrected chi connectivity index (χ4v) is 6.41. The fourth-order valence-electron chi connectivity index (χ4n) is 5.62. The number of aliphatic hydroxyl groups is 3. The highest BCUT2D eigenvalue weighted by Gasteiger charge is 2.42. The molecule has 12 nitrogen and oxygen atoms in total. The summed E-state index contributed by atoms with van der Waals surface area (Å²) in [5.74, 6) is 0.936. The van der Waals surface area contributed by atoms with Crippen molar-refractivity contribution in [1.82, 2.24) is 10.2 Å². The van der Waals surface area contributed by atoms with Crippen LogP contribution >= 0.6 is 22.6 Å². The van der Waals surface area contributed by atoms with Gasteiger partial charge in [-0.25, -0.2) is 0 Å². The van der Waals surface area contributed by atoms with Crippen LogP contribution in [0.5, 0.6) is 23.0 Å². The van der Waals surface area contributed by atoms with Crippen molar-refractivity contribution in [2.75, 3.05) is 54.2 Å². The van der Waals surface area contributed by atoms with E-state index in [1.807, 2.05) is 6.07 Å². The highest BCUT2D eigenvalue weighted by molar-refractivity contribution is 14.1. The smallest absolute Gasteiger partial charge is 0.247 e. The van der Waals surface area contributed by atoms with E-state index in [9.17, 15) is 24.9 Å². The molecule has 1 aliphatic heterocycles. The number of nitrogens with one attached hydrogen (secondary N) is 1. The molecule has 4 unspecified atom stereocenters. The van der Waals surface area contributed by atoms with E-state index in [2.05, 4.69) is 27.9 Å². The Morgan fingerprint density at radius 1 is 1.09 bits per heavy atom. The highest BCUT2D eigenvalue weighted by atomic mass is 127.